The number of ketones is 1. The Morgan fingerprint density at radius 1 is 1.32 bits per heavy atom. The first-order valence-electron chi connectivity index (χ1n) is 6.81. The lowest BCUT2D eigenvalue weighted by molar-refractivity contribution is -0.384. The Bertz CT molecular complexity index is 933. The average Bonchev–Trinajstić information content (AvgIpc) is 2.58. The molecule has 0 aliphatic heterocycles. The molecule has 0 aliphatic rings. The van der Waals surface area contributed by atoms with E-state index in [4.69, 9.17) is 4.74 Å². The SMILES string of the molecule is COc1c(Br)cc(Br)cc1/C=C(\C#N)C(=O)c1cccc([N+](=O)[O-])c1. The highest BCUT2D eigenvalue weighted by molar-refractivity contribution is 9.11. The minimum absolute atomic E-state index is 0.0648. The van der Waals surface area contributed by atoms with E-state index in [2.05, 4.69) is 31.9 Å². The van der Waals surface area contributed by atoms with Gasteiger partial charge in [0.05, 0.1) is 16.5 Å². The molecule has 0 amide bonds. The maximum Gasteiger partial charge on any atom is 0.270 e. The van der Waals surface area contributed by atoms with Gasteiger partial charge in [0.1, 0.15) is 17.4 Å². The quantitative estimate of drug-likeness (QED) is 0.205. The number of benzene rings is 2. The molecule has 0 spiro atoms. The van der Waals surface area contributed by atoms with Crippen molar-refractivity contribution in [3.05, 3.63) is 72.2 Å². The zero-order valence-electron chi connectivity index (χ0n) is 12.8. The monoisotopic (exact) mass is 464 g/mol. The number of Topliss-reactive ketones (excluding diaryl/α,β-unsaturated/α-hetero) is 1. The summed E-state index contributed by atoms with van der Waals surface area (Å²) in [4.78, 5) is 22.8. The average molecular weight is 466 g/mol. The summed E-state index contributed by atoms with van der Waals surface area (Å²) in [6.45, 7) is 0. The molecule has 0 aromatic heterocycles. The van der Waals surface area contributed by atoms with Crippen LogP contribution < -0.4 is 4.74 Å². The molecule has 0 N–H and O–H groups in total. The number of methoxy groups -OCH3 is 1. The lowest BCUT2D eigenvalue weighted by atomic mass is 10.0. The van der Waals surface area contributed by atoms with Crippen LogP contribution in [0.3, 0.4) is 0 Å². The summed E-state index contributed by atoms with van der Waals surface area (Å²) in [6.07, 6.45) is 1.38. The van der Waals surface area contributed by atoms with Crippen LogP contribution in [-0.4, -0.2) is 17.8 Å². The van der Waals surface area contributed by atoms with Gasteiger partial charge in [-0.1, -0.05) is 28.1 Å². The van der Waals surface area contributed by atoms with Crippen LogP contribution in [0.4, 0.5) is 5.69 Å². The summed E-state index contributed by atoms with van der Waals surface area (Å²) in [6, 6.07) is 10.6. The number of non-ortho nitro benzene ring substituents is 1. The third-order valence-electron chi connectivity index (χ3n) is 3.23. The molecule has 0 fully saturated rings. The third-order valence-corrected chi connectivity index (χ3v) is 4.27. The normalized spacial score (nSPS) is 10.9. The topological polar surface area (TPSA) is 93.2 Å². The van der Waals surface area contributed by atoms with Crippen LogP contribution in [0.25, 0.3) is 6.08 Å². The van der Waals surface area contributed by atoms with Gasteiger partial charge in [0.2, 0.25) is 5.78 Å². The van der Waals surface area contributed by atoms with E-state index in [1.165, 1.54) is 31.4 Å². The number of nitrogens with zero attached hydrogens (tertiary/aromatic N) is 2. The van der Waals surface area contributed by atoms with Crippen LogP contribution >= 0.6 is 31.9 Å². The van der Waals surface area contributed by atoms with E-state index in [0.717, 1.165) is 10.5 Å². The lowest BCUT2D eigenvalue weighted by Gasteiger charge is -2.09. The van der Waals surface area contributed by atoms with Gasteiger partial charge in [-0.15, -0.1) is 0 Å². The molecule has 0 heterocycles. The van der Waals surface area contributed by atoms with Crippen molar-refractivity contribution in [2.24, 2.45) is 0 Å². The van der Waals surface area contributed by atoms with Crippen molar-refractivity contribution in [1.82, 2.24) is 0 Å². The second-order valence-corrected chi connectivity index (χ2v) is 6.59. The Kier molecular flexibility index (Phi) is 6.07. The summed E-state index contributed by atoms with van der Waals surface area (Å²) in [5.74, 6) is -0.146. The van der Waals surface area contributed by atoms with Gasteiger partial charge in [0.15, 0.2) is 0 Å². The fourth-order valence-electron chi connectivity index (χ4n) is 2.12. The van der Waals surface area contributed by atoms with Gasteiger partial charge in [0, 0.05) is 27.7 Å². The molecular weight excluding hydrogens is 456 g/mol. The Hall–Kier alpha value is -2.50. The molecule has 126 valence electrons. The van der Waals surface area contributed by atoms with Crippen LogP contribution in [-0.2, 0) is 0 Å². The largest absolute Gasteiger partial charge is 0.495 e. The van der Waals surface area contributed by atoms with Crippen molar-refractivity contribution in [2.75, 3.05) is 7.11 Å². The maximum absolute atomic E-state index is 12.5. The predicted molar refractivity (Wildman–Crippen MR) is 99.4 cm³/mol. The second-order valence-electron chi connectivity index (χ2n) is 4.82. The number of allylic oxidation sites excluding steroid dienone is 1. The predicted octanol–water partition coefficient (Wildman–Crippen LogP) is 4.92. The van der Waals surface area contributed by atoms with Crippen molar-refractivity contribution in [3.63, 3.8) is 0 Å². The maximum atomic E-state index is 12.5. The minimum Gasteiger partial charge on any atom is -0.495 e. The molecule has 0 saturated heterocycles. The Balaban J connectivity index is 2.52. The van der Waals surface area contributed by atoms with Gasteiger partial charge >= 0.3 is 0 Å². The number of nitriles is 1. The first-order valence-corrected chi connectivity index (χ1v) is 8.40. The molecule has 0 radical (unpaired) electrons. The number of nitro benzene ring substituents is 1. The third kappa shape index (κ3) is 4.32. The molecule has 0 saturated carbocycles. The van der Waals surface area contributed by atoms with Gasteiger partial charge in [-0.2, -0.15) is 5.26 Å². The lowest BCUT2D eigenvalue weighted by Crippen LogP contribution is -2.03. The molecule has 0 unspecified atom stereocenters. The molecule has 0 aliphatic carbocycles. The number of hydrogen-bond acceptors (Lipinski definition) is 5. The zero-order valence-corrected chi connectivity index (χ0v) is 16.0. The molecule has 2 aromatic carbocycles. The van der Waals surface area contributed by atoms with Crippen molar-refractivity contribution in [1.29, 1.82) is 5.26 Å². The number of hydrogen-bond donors (Lipinski definition) is 0. The van der Waals surface area contributed by atoms with E-state index in [9.17, 15) is 20.2 Å². The molecule has 6 nitrogen and oxygen atoms in total. The van der Waals surface area contributed by atoms with Crippen LogP contribution in [0, 0.1) is 21.4 Å². The van der Waals surface area contributed by atoms with Gasteiger partial charge < -0.3 is 4.74 Å². The number of nitro groups is 1. The smallest absolute Gasteiger partial charge is 0.270 e. The van der Waals surface area contributed by atoms with E-state index in [-0.39, 0.29) is 16.8 Å². The molecule has 8 heteroatoms. The first kappa shape index (κ1) is 18.8. The van der Waals surface area contributed by atoms with Gasteiger partial charge in [-0.05, 0) is 34.1 Å². The van der Waals surface area contributed by atoms with Gasteiger partial charge in [-0.25, -0.2) is 0 Å². The molecule has 0 atom stereocenters. The molecule has 2 aromatic rings. The summed E-state index contributed by atoms with van der Waals surface area (Å²) >= 11 is 6.69. The number of carbonyl (C=O) groups is 1. The summed E-state index contributed by atoms with van der Waals surface area (Å²) in [5, 5.41) is 20.2. The van der Waals surface area contributed by atoms with Gasteiger partial charge in [-0.3, -0.25) is 14.9 Å². The van der Waals surface area contributed by atoms with E-state index < -0.39 is 10.7 Å². The molecule has 0 bridgehead atoms. The first-order chi connectivity index (χ1) is 11.9. The van der Waals surface area contributed by atoms with E-state index in [1.54, 1.807) is 12.1 Å². The zero-order chi connectivity index (χ0) is 18.6. The highest BCUT2D eigenvalue weighted by Gasteiger charge is 2.17. The number of ether oxygens (including phenoxy) is 1. The van der Waals surface area contributed by atoms with E-state index >= 15 is 0 Å². The van der Waals surface area contributed by atoms with Crippen molar-refractivity contribution in [3.8, 4) is 11.8 Å². The Morgan fingerprint density at radius 3 is 2.64 bits per heavy atom. The van der Waals surface area contributed by atoms with Crippen molar-refractivity contribution >= 4 is 49.4 Å². The molecule has 25 heavy (non-hydrogen) atoms. The Morgan fingerprint density at radius 2 is 2.04 bits per heavy atom. The standard InChI is InChI=1S/C17H10Br2N2O4/c1-25-17-11(6-13(18)8-15(17)19)5-12(9-20)16(22)10-3-2-4-14(7-10)21(23)24/h2-8H,1H3/b12-5+. The fraction of sp³-hybridized carbons (Fsp3) is 0.0588. The van der Waals surface area contributed by atoms with Crippen LogP contribution in [0.2, 0.25) is 0 Å². The van der Waals surface area contributed by atoms with Crippen molar-refractivity contribution < 1.29 is 14.5 Å². The summed E-state index contributed by atoms with van der Waals surface area (Å²) < 4.78 is 6.67. The van der Waals surface area contributed by atoms with Crippen LogP contribution in [0.5, 0.6) is 5.75 Å². The Labute approximate surface area is 160 Å². The molecule has 2 rings (SSSR count). The second kappa shape index (κ2) is 8.05. The van der Waals surface area contributed by atoms with Gasteiger partial charge in [0.25, 0.3) is 5.69 Å². The van der Waals surface area contributed by atoms with E-state index in [1.807, 2.05) is 6.07 Å². The highest BCUT2D eigenvalue weighted by Crippen LogP contribution is 2.34. The summed E-state index contributed by atoms with van der Waals surface area (Å²) in [5.41, 5.74) is 0.198. The van der Waals surface area contributed by atoms with Crippen LogP contribution in [0.1, 0.15) is 15.9 Å². The fourth-order valence-corrected chi connectivity index (χ4v) is 3.54. The van der Waals surface area contributed by atoms with Crippen LogP contribution in [0.15, 0.2) is 50.9 Å². The van der Waals surface area contributed by atoms with Crippen molar-refractivity contribution in [2.45, 2.75) is 0 Å². The minimum atomic E-state index is -0.607. The number of carbonyl (C=O) groups excluding carboxylic acids is 1. The number of rotatable bonds is 5. The molecular formula is C17H10Br2N2O4. The van der Waals surface area contributed by atoms with E-state index in [0.29, 0.717) is 15.8 Å². The highest BCUT2D eigenvalue weighted by atomic mass is 79.9. The summed E-state index contributed by atoms with van der Waals surface area (Å²) in [7, 11) is 1.47. The number of halogens is 2.